The summed E-state index contributed by atoms with van der Waals surface area (Å²) in [7, 11) is 0.808. The molecular formula is C8H10F6O4. The molecule has 0 spiro atoms. The molecule has 0 aliphatic heterocycles. The number of methoxy groups -OCH3 is 1. The summed E-state index contributed by atoms with van der Waals surface area (Å²) in [6.07, 6.45) is -11.9. The molecule has 1 unspecified atom stereocenters. The van der Waals surface area contributed by atoms with Gasteiger partial charge < -0.3 is 14.6 Å². The smallest absolute Gasteiger partial charge is 0.427 e. The Kier molecular flexibility index (Phi) is 5.00. The zero-order chi connectivity index (χ0) is 14.8. The topological polar surface area (TPSA) is 55.8 Å². The molecule has 0 amide bonds. The Labute approximate surface area is 97.5 Å². The fourth-order valence-electron chi connectivity index (χ4n) is 1.27. The number of carbonyl (C=O) groups is 1. The minimum Gasteiger partial charge on any atom is -0.481 e. The van der Waals surface area contributed by atoms with E-state index in [2.05, 4.69) is 9.47 Å². The lowest BCUT2D eigenvalue weighted by Crippen LogP contribution is -2.64. The normalized spacial score (nSPS) is 15.6. The molecule has 4 nitrogen and oxygen atoms in total. The maximum absolute atomic E-state index is 12.6. The van der Waals surface area contributed by atoms with Crippen LogP contribution in [0.4, 0.5) is 26.3 Å². The van der Waals surface area contributed by atoms with E-state index in [0.29, 0.717) is 0 Å². The van der Waals surface area contributed by atoms with E-state index < -0.39 is 36.6 Å². The van der Waals surface area contributed by atoms with Gasteiger partial charge >= 0.3 is 18.3 Å². The Bertz CT molecular complexity index is 283. The summed E-state index contributed by atoms with van der Waals surface area (Å²) >= 11 is 0. The molecule has 0 aliphatic carbocycles. The van der Waals surface area contributed by atoms with Crippen molar-refractivity contribution in [1.29, 1.82) is 0 Å². The van der Waals surface area contributed by atoms with Gasteiger partial charge in [-0.1, -0.05) is 0 Å². The van der Waals surface area contributed by atoms with Crippen molar-refractivity contribution in [2.24, 2.45) is 5.92 Å². The van der Waals surface area contributed by atoms with Crippen LogP contribution in [0.25, 0.3) is 0 Å². The van der Waals surface area contributed by atoms with Gasteiger partial charge in [0.2, 0.25) is 0 Å². The van der Waals surface area contributed by atoms with Crippen LogP contribution in [-0.4, -0.2) is 42.9 Å². The third kappa shape index (κ3) is 2.86. The molecule has 0 heterocycles. The molecule has 0 aromatic heterocycles. The van der Waals surface area contributed by atoms with Crippen LogP contribution in [0.1, 0.15) is 6.92 Å². The Balaban J connectivity index is 5.80. The summed E-state index contributed by atoms with van der Waals surface area (Å²) in [5.41, 5.74) is -4.82. The van der Waals surface area contributed by atoms with Crippen LogP contribution in [0.5, 0.6) is 0 Å². The van der Waals surface area contributed by atoms with E-state index in [0.717, 1.165) is 7.11 Å². The zero-order valence-corrected chi connectivity index (χ0v) is 9.22. The molecule has 0 aliphatic rings. The molecule has 0 saturated carbocycles. The van der Waals surface area contributed by atoms with Gasteiger partial charge in [-0.3, -0.25) is 4.79 Å². The van der Waals surface area contributed by atoms with E-state index in [1.165, 1.54) is 0 Å². The third-order valence-corrected chi connectivity index (χ3v) is 2.23. The van der Waals surface area contributed by atoms with Crippen LogP contribution < -0.4 is 0 Å². The average molecular weight is 284 g/mol. The number of rotatable bonds is 5. The molecule has 18 heavy (non-hydrogen) atoms. The summed E-state index contributed by atoms with van der Waals surface area (Å²) in [5.74, 6) is -5.17. The summed E-state index contributed by atoms with van der Waals surface area (Å²) in [6, 6.07) is 0. The molecule has 108 valence electrons. The number of carboxylic acid groups (broad SMARTS) is 1. The van der Waals surface area contributed by atoms with Crippen LogP contribution in [-0.2, 0) is 14.3 Å². The molecule has 0 rings (SSSR count). The first-order valence-electron chi connectivity index (χ1n) is 4.41. The van der Waals surface area contributed by atoms with Crippen molar-refractivity contribution in [3.8, 4) is 0 Å². The highest BCUT2D eigenvalue weighted by molar-refractivity contribution is 5.71. The number of halogens is 6. The predicted octanol–water partition coefficient (Wildman–Crippen LogP) is 2.19. The van der Waals surface area contributed by atoms with Gasteiger partial charge in [0.25, 0.3) is 5.60 Å². The standard InChI is InChI=1S/C8H10F6O4/c1-4(5(15)16)6(7(9,10)11,8(12,13)14)18-3-17-2/h4H,3H2,1-2H3,(H,15,16). The molecule has 1 N–H and O–H groups in total. The molecule has 0 aromatic carbocycles. The van der Waals surface area contributed by atoms with E-state index >= 15 is 0 Å². The average Bonchev–Trinajstić information content (AvgIpc) is 2.13. The minimum atomic E-state index is -5.96. The first kappa shape index (κ1) is 17.0. The lowest BCUT2D eigenvalue weighted by atomic mass is 9.87. The Hall–Kier alpha value is -1.03. The van der Waals surface area contributed by atoms with Gasteiger partial charge in [-0.05, 0) is 6.92 Å². The number of aliphatic carboxylic acids is 1. The van der Waals surface area contributed by atoms with Gasteiger partial charge in [0.05, 0.1) is 0 Å². The highest BCUT2D eigenvalue weighted by atomic mass is 19.4. The largest absolute Gasteiger partial charge is 0.481 e. The van der Waals surface area contributed by atoms with Crippen molar-refractivity contribution in [2.45, 2.75) is 24.9 Å². The maximum Gasteiger partial charge on any atom is 0.427 e. The van der Waals surface area contributed by atoms with Crippen molar-refractivity contribution >= 4 is 5.97 Å². The van der Waals surface area contributed by atoms with E-state index in [4.69, 9.17) is 5.11 Å². The van der Waals surface area contributed by atoms with E-state index in [-0.39, 0.29) is 6.92 Å². The predicted molar refractivity (Wildman–Crippen MR) is 44.6 cm³/mol. The highest BCUT2D eigenvalue weighted by Crippen LogP contribution is 2.50. The SMILES string of the molecule is COCOC(C(C)C(=O)O)(C(F)(F)F)C(F)(F)F. The molecule has 0 bridgehead atoms. The van der Waals surface area contributed by atoms with Crippen molar-refractivity contribution in [2.75, 3.05) is 13.9 Å². The number of ether oxygens (including phenoxy) is 2. The van der Waals surface area contributed by atoms with Gasteiger partial charge in [0.1, 0.15) is 12.7 Å². The lowest BCUT2D eigenvalue weighted by Gasteiger charge is -2.39. The summed E-state index contributed by atoms with van der Waals surface area (Å²) in [6.45, 7) is -1.09. The van der Waals surface area contributed by atoms with Crippen LogP contribution in [0.15, 0.2) is 0 Å². The second-order valence-electron chi connectivity index (χ2n) is 3.34. The molecule has 0 radical (unpaired) electrons. The first-order chi connectivity index (χ1) is 7.91. The molecule has 0 saturated heterocycles. The van der Waals surface area contributed by atoms with Gasteiger partial charge in [-0.15, -0.1) is 0 Å². The van der Waals surface area contributed by atoms with Crippen LogP contribution in [0, 0.1) is 5.92 Å². The number of hydrogen-bond donors (Lipinski definition) is 1. The third-order valence-electron chi connectivity index (χ3n) is 2.23. The Morgan fingerprint density at radius 1 is 1.17 bits per heavy atom. The van der Waals surface area contributed by atoms with Gasteiger partial charge in [0.15, 0.2) is 0 Å². The molecule has 0 fully saturated rings. The maximum atomic E-state index is 12.6. The Morgan fingerprint density at radius 3 is 1.78 bits per heavy atom. The monoisotopic (exact) mass is 284 g/mol. The van der Waals surface area contributed by atoms with E-state index in [1.54, 1.807) is 0 Å². The van der Waals surface area contributed by atoms with Crippen LogP contribution in [0.2, 0.25) is 0 Å². The molecule has 1 atom stereocenters. The zero-order valence-electron chi connectivity index (χ0n) is 9.22. The van der Waals surface area contributed by atoms with Crippen LogP contribution in [0.3, 0.4) is 0 Å². The van der Waals surface area contributed by atoms with Crippen molar-refractivity contribution in [3.05, 3.63) is 0 Å². The van der Waals surface area contributed by atoms with E-state index in [1.807, 2.05) is 0 Å². The number of alkyl halides is 6. The lowest BCUT2D eigenvalue weighted by molar-refractivity contribution is -0.403. The second-order valence-corrected chi connectivity index (χ2v) is 3.34. The Morgan fingerprint density at radius 2 is 1.56 bits per heavy atom. The van der Waals surface area contributed by atoms with E-state index in [9.17, 15) is 31.1 Å². The quantitative estimate of drug-likeness (QED) is 0.621. The summed E-state index contributed by atoms with van der Waals surface area (Å²) in [5, 5.41) is 8.42. The minimum absolute atomic E-state index is 0.263. The number of carboxylic acids is 1. The fourth-order valence-corrected chi connectivity index (χ4v) is 1.27. The van der Waals surface area contributed by atoms with Crippen molar-refractivity contribution in [1.82, 2.24) is 0 Å². The van der Waals surface area contributed by atoms with Gasteiger partial charge in [-0.25, -0.2) is 0 Å². The number of hydrogen-bond acceptors (Lipinski definition) is 3. The van der Waals surface area contributed by atoms with Gasteiger partial charge in [0, 0.05) is 7.11 Å². The molecule has 10 heteroatoms. The van der Waals surface area contributed by atoms with Gasteiger partial charge in [-0.2, -0.15) is 26.3 Å². The fraction of sp³-hybridized carbons (Fsp3) is 0.875. The van der Waals surface area contributed by atoms with Crippen LogP contribution >= 0.6 is 0 Å². The second kappa shape index (κ2) is 5.31. The molecule has 0 aromatic rings. The molecular weight excluding hydrogens is 274 g/mol. The first-order valence-corrected chi connectivity index (χ1v) is 4.41. The summed E-state index contributed by atoms with van der Waals surface area (Å²) < 4.78 is 83.5. The van der Waals surface area contributed by atoms with Crippen molar-refractivity contribution < 1.29 is 45.7 Å². The summed E-state index contributed by atoms with van der Waals surface area (Å²) in [4.78, 5) is 10.5. The highest BCUT2D eigenvalue weighted by Gasteiger charge is 2.76. The van der Waals surface area contributed by atoms with Crippen molar-refractivity contribution in [3.63, 3.8) is 0 Å².